The summed E-state index contributed by atoms with van der Waals surface area (Å²) in [5, 5.41) is 0. The van der Waals surface area contributed by atoms with E-state index in [-0.39, 0.29) is 30.7 Å². The molecule has 0 saturated carbocycles. The number of hydrogen-bond donors (Lipinski definition) is 0. The maximum absolute atomic E-state index is 13.3. The monoisotopic (exact) mass is 463 g/mol. The number of carbonyl (C=O) groups excluding carboxylic acids is 2. The van der Waals surface area contributed by atoms with E-state index in [2.05, 4.69) is 0 Å². The second kappa shape index (κ2) is 9.89. The maximum atomic E-state index is 13.3. The zero-order chi connectivity index (χ0) is 22.7. The molecule has 32 heavy (non-hydrogen) atoms. The van der Waals surface area contributed by atoms with Gasteiger partial charge < -0.3 is 14.5 Å². The molecule has 4 rings (SSSR count). The molecule has 2 amide bonds. The van der Waals surface area contributed by atoms with Gasteiger partial charge in [-0.05, 0) is 49.4 Å². The normalized spacial score (nSPS) is 22.1. The van der Waals surface area contributed by atoms with Crippen molar-refractivity contribution < 1.29 is 22.7 Å². The third-order valence-electron chi connectivity index (χ3n) is 6.82. The van der Waals surface area contributed by atoms with Crippen molar-refractivity contribution in [1.29, 1.82) is 0 Å². The van der Waals surface area contributed by atoms with Gasteiger partial charge >= 0.3 is 0 Å². The number of rotatable bonds is 6. The lowest BCUT2D eigenvalue weighted by Crippen LogP contribution is -2.43. The second-order valence-corrected chi connectivity index (χ2v) is 10.6. The van der Waals surface area contributed by atoms with Gasteiger partial charge in [-0.15, -0.1) is 0 Å². The SMILES string of the molecule is CC[C@H]1CCCCN1S(=O)(=O)c1ccc2c(c1)CCN2C(=O)CCC(=O)N1CCOCC1. The Kier molecular flexibility index (Phi) is 7.17. The molecule has 0 bridgehead atoms. The van der Waals surface area contributed by atoms with Gasteiger partial charge in [0.2, 0.25) is 21.8 Å². The third kappa shape index (κ3) is 4.70. The van der Waals surface area contributed by atoms with Crippen molar-refractivity contribution in [3.05, 3.63) is 23.8 Å². The average Bonchev–Trinajstić information content (AvgIpc) is 3.26. The highest BCUT2D eigenvalue weighted by molar-refractivity contribution is 7.89. The molecule has 3 aliphatic rings. The van der Waals surface area contributed by atoms with Gasteiger partial charge in [0, 0.05) is 50.7 Å². The molecule has 3 heterocycles. The molecule has 1 aromatic rings. The summed E-state index contributed by atoms with van der Waals surface area (Å²) in [6.07, 6.45) is 4.65. The first-order valence-corrected chi connectivity index (χ1v) is 13.2. The van der Waals surface area contributed by atoms with Crippen molar-refractivity contribution in [2.24, 2.45) is 0 Å². The van der Waals surface area contributed by atoms with Gasteiger partial charge in [0.15, 0.2) is 0 Å². The van der Waals surface area contributed by atoms with E-state index in [1.165, 1.54) is 0 Å². The number of fused-ring (bicyclic) bond motifs is 1. The Morgan fingerprint density at radius 1 is 1.03 bits per heavy atom. The van der Waals surface area contributed by atoms with Crippen LogP contribution in [0, 0.1) is 0 Å². The van der Waals surface area contributed by atoms with Gasteiger partial charge in [0.1, 0.15) is 0 Å². The number of piperidine rings is 1. The molecule has 1 aromatic carbocycles. The molecule has 9 heteroatoms. The maximum Gasteiger partial charge on any atom is 0.243 e. The van der Waals surface area contributed by atoms with Crippen LogP contribution in [0.3, 0.4) is 0 Å². The number of carbonyl (C=O) groups is 2. The summed E-state index contributed by atoms with van der Waals surface area (Å²) >= 11 is 0. The summed E-state index contributed by atoms with van der Waals surface area (Å²) in [6.45, 7) is 5.36. The number of ether oxygens (including phenoxy) is 1. The van der Waals surface area contributed by atoms with Crippen LogP contribution in [0.5, 0.6) is 0 Å². The van der Waals surface area contributed by atoms with Crippen LogP contribution in [0.25, 0.3) is 0 Å². The summed E-state index contributed by atoms with van der Waals surface area (Å²) in [5.41, 5.74) is 1.64. The lowest BCUT2D eigenvalue weighted by atomic mass is 10.0. The molecule has 0 unspecified atom stereocenters. The Bertz CT molecular complexity index is 958. The lowest BCUT2D eigenvalue weighted by molar-refractivity contribution is -0.136. The van der Waals surface area contributed by atoms with Crippen LogP contribution in [0.2, 0.25) is 0 Å². The quantitative estimate of drug-likeness (QED) is 0.645. The summed E-state index contributed by atoms with van der Waals surface area (Å²) in [6, 6.07) is 5.17. The molecule has 0 aromatic heterocycles. The smallest absolute Gasteiger partial charge is 0.243 e. The lowest BCUT2D eigenvalue weighted by Gasteiger charge is -2.34. The number of benzene rings is 1. The number of anilines is 1. The van der Waals surface area contributed by atoms with E-state index in [1.807, 2.05) is 6.92 Å². The first-order chi connectivity index (χ1) is 15.4. The highest BCUT2D eigenvalue weighted by Gasteiger charge is 2.34. The predicted octanol–water partition coefficient (Wildman–Crippen LogP) is 2.17. The molecule has 2 saturated heterocycles. The zero-order valence-corrected chi connectivity index (χ0v) is 19.6. The molecular weight excluding hydrogens is 430 g/mol. The fourth-order valence-corrected chi connectivity index (χ4v) is 6.77. The van der Waals surface area contributed by atoms with E-state index < -0.39 is 10.0 Å². The van der Waals surface area contributed by atoms with E-state index in [0.717, 1.165) is 36.9 Å². The van der Waals surface area contributed by atoms with Crippen molar-refractivity contribution >= 4 is 27.5 Å². The van der Waals surface area contributed by atoms with Gasteiger partial charge in [-0.2, -0.15) is 4.31 Å². The molecule has 0 spiro atoms. The number of hydrogen-bond acceptors (Lipinski definition) is 5. The largest absolute Gasteiger partial charge is 0.378 e. The van der Waals surface area contributed by atoms with E-state index in [1.54, 1.807) is 32.3 Å². The van der Waals surface area contributed by atoms with Crippen LogP contribution < -0.4 is 4.90 Å². The highest BCUT2D eigenvalue weighted by atomic mass is 32.2. The van der Waals surface area contributed by atoms with Crippen molar-refractivity contribution in [2.75, 3.05) is 44.3 Å². The van der Waals surface area contributed by atoms with Crippen LogP contribution in [0.4, 0.5) is 5.69 Å². The number of morpholine rings is 1. The number of sulfonamides is 1. The first-order valence-electron chi connectivity index (χ1n) is 11.7. The van der Waals surface area contributed by atoms with Crippen molar-refractivity contribution in [3.63, 3.8) is 0 Å². The number of amides is 2. The molecule has 0 radical (unpaired) electrons. The van der Waals surface area contributed by atoms with Gasteiger partial charge in [0.05, 0.1) is 18.1 Å². The van der Waals surface area contributed by atoms with Gasteiger partial charge in [0.25, 0.3) is 0 Å². The Morgan fingerprint density at radius 2 is 1.78 bits per heavy atom. The summed E-state index contributed by atoms with van der Waals surface area (Å²) in [7, 11) is -3.55. The van der Waals surface area contributed by atoms with Gasteiger partial charge in [-0.1, -0.05) is 13.3 Å². The molecular formula is C23H33N3O5S. The Balaban J connectivity index is 1.43. The molecule has 2 fully saturated rings. The van der Waals surface area contributed by atoms with E-state index in [4.69, 9.17) is 4.74 Å². The fraction of sp³-hybridized carbons (Fsp3) is 0.652. The van der Waals surface area contributed by atoms with Crippen LogP contribution in [0.15, 0.2) is 23.1 Å². The molecule has 3 aliphatic heterocycles. The van der Waals surface area contributed by atoms with Crippen LogP contribution in [-0.2, 0) is 30.8 Å². The topological polar surface area (TPSA) is 87.2 Å². The number of nitrogens with zero attached hydrogens (tertiary/aromatic N) is 3. The Morgan fingerprint density at radius 3 is 2.53 bits per heavy atom. The van der Waals surface area contributed by atoms with Crippen molar-refractivity contribution in [2.45, 2.75) is 62.8 Å². The first kappa shape index (κ1) is 23.2. The Hall–Kier alpha value is -1.97. The average molecular weight is 464 g/mol. The molecule has 0 N–H and O–H groups in total. The van der Waals surface area contributed by atoms with Crippen molar-refractivity contribution in [1.82, 2.24) is 9.21 Å². The summed E-state index contributed by atoms with van der Waals surface area (Å²) in [5.74, 6) is -0.113. The fourth-order valence-electron chi connectivity index (χ4n) is 4.95. The minimum atomic E-state index is -3.55. The summed E-state index contributed by atoms with van der Waals surface area (Å²) in [4.78, 5) is 28.9. The molecule has 8 nitrogen and oxygen atoms in total. The minimum Gasteiger partial charge on any atom is -0.378 e. The zero-order valence-electron chi connectivity index (χ0n) is 18.8. The third-order valence-corrected chi connectivity index (χ3v) is 8.76. The predicted molar refractivity (Wildman–Crippen MR) is 121 cm³/mol. The van der Waals surface area contributed by atoms with Gasteiger partial charge in [-0.3, -0.25) is 9.59 Å². The van der Waals surface area contributed by atoms with Gasteiger partial charge in [-0.25, -0.2) is 8.42 Å². The van der Waals surface area contributed by atoms with Crippen molar-refractivity contribution in [3.8, 4) is 0 Å². The minimum absolute atomic E-state index is 0.0190. The van der Waals surface area contributed by atoms with Crippen LogP contribution in [-0.4, -0.2) is 74.9 Å². The summed E-state index contributed by atoms with van der Waals surface area (Å²) < 4.78 is 33.5. The van der Waals surface area contributed by atoms with E-state index in [9.17, 15) is 18.0 Å². The Labute approximate surface area is 190 Å². The molecule has 0 aliphatic carbocycles. The van der Waals surface area contributed by atoms with Crippen LogP contribution in [0.1, 0.15) is 51.0 Å². The van der Waals surface area contributed by atoms with E-state index >= 15 is 0 Å². The molecule has 1 atom stereocenters. The highest BCUT2D eigenvalue weighted by Crippen LogP contribution is 2.33. The second-order valence-electron chi connectivity index (χ2n) is 8.75. The van der Waals surface area contributed by atoms with E-state index in [0.29, 0.717) is 50.7 Å². The molecule has 176 valence electrons. The van der Waals surface area contributed by atoms with Crippen LogP contribution >= 0.6 is 0 Å². The standard InChI is InChI=1S/C23H33N3O5S/c1-2-19-5-3-4-11-26(19)32(29,30)20-6-7-21-18(17-20)10-12-25(21)23(28)9-8-22(27)24-13-15-31-16-14-24/h6-7,17,19H,2-5,8-16H2,1H3/t19-/m0/s1.